The number of nitrogens with zero attached hydrogens (tertiary/aromatic N) is 3. The van der Waals surface area contributed by atoms with Gasteiger partial charge in [-0.1, -0.05) is 6.92 Å². The van der Waals surface area contributed by atoms with Crippen molar-refractivity contribution in [2.45, 2.75) is 39.0 Å². The third kappa shape index (κ3) is 2.71. The summed E-state index contributed by atoms with van der Waals surface area (Å²) in [6.45, 7) is 3.79. The number of carbonyl (C=O) groups is 1. The Kier molecular flexibility index (Phi) is 3.06. The van der Waals surface area contributed by atoms with Gasteiger partial charge in [-0.25, -0.2) is 4.98 Å². The Bertz CT molecular complexity index is 420. The van der Waals surface area contributed by atoms with Gasteiger partial charge >= 0.3 is 0 Å². The number of rotatable bonds is 6. The van der Waals surface area contributed by atoms with Crippen molar-refractivity contribution in [3.8, 4) is 0 Å². The van der Waals surface area contributed by atoms with Gasteiger partial charge in [-0.3, -0.25) is 9.89 Å². The summed E-state index contributed by atoms with van der Waals surface area (Å²) in [5.41, 5.74) is 0. The Morgan fingerprint density at radius 1 is 1.28 bits per heavy atom. The van der Waals surface area contributed by atoms with Gasteiger partial charge in [0.25, 0.3) is 5.91 Å². The second-order valence-electron chi connectivity index (χ2n) is 5.56. The molecule has 3 rings (SSSR count). The highest BCUT2D eigenvalue weighted by molar-refractivity contribution is 5.90. The highest BCUT2D eigenvalue weighted by Crippen LogP contribution is 2.34. The number of aromatic amines is 1. The molecule has 2 aliphatic carbocycles. The van der Waals surface area contributed by atoms with Crippen molar-refractivity contribution >= 4 is 5.91 Å². The van der Waals surface area contributed by atoms with Crippen LogP contribution in [0, 0.1) is 11.8 Å². The average Bonchev–Trinajstić information content (AvgIpc) is 3.29. The molecule has 98 valence electrons. The van der Waals surface area contributed by atoms with Crippen molar-refractivity contribution < 1.29 is 4.79 Å². The molecule has 0 saturated heterocycles. The smallest absolute Gasteiger partial charge is 0.293 e. The van der Waals surface area contributed by atoms with Crippen LogP contribution in [0.3, 0.4) is 0 Å². The van der Waals surface area contributed by atoms with Gasteiger partial charge in [0, 0.05) is 19.5 Å². The number of nitrogens with one attached hydrogen (secondary N) is 1. The molecule has 1 aromatic heterocycles. The first-order valence-electron chi connectivity index (χ1n) is 6.96. The summed E-state index contributed by atoms with van der Waals surface area (Å²) in [4.78, 5) is 18.6. The van der Waals surface area contributed by atoms with Crippen LogP contribution >= 0.6 is 0 Å². The summed E-state index contributed by atoms with van der Waals surface area (Å²) in [7, 11) is 0. The predicted molar refractivity (Wildman–Crippen MR) is 67.1 cm³/mol. The number of H-pyrrole nitrogens is 1. The van der Waals surface area contributed by atoms with Crippen LogP contribution in [-0.2, 0) is 6.42 Å². The van der Waals surface area contributed by atoms with Crippen molar-refractivity contribution in [3.05, 3.63) is 11.6 Å². The summed E-state index contributed by atoms with van der Waals surface area (Å²) in [6, 6.07) is 0. The van der Waals surface area contributed by atoms with E-state index >= 15 is 0 Å². The molecule has 2 saturated carbocycles. The average molecular weight is 248 g/mol. The SMILES string of the molecule is CCc1nc(C(=O)N(CC2CC2)CC2CC2)n[nH]1. The van der Waals surface area contributed by atoms with E-state index in [1.54, 1.807) is 0 Å². The summed E-state index contributed by atoms with van der Waals surface area (Å²) < 4.78 is 0. The minimum atomic E-state index is 0.00440. The zero-order valence-corrected chi connectivity index (χ0v) is 10.9. The Hall–Kier alpha value is -1.39. The van der Waals surface area contributed by atoms with Crippen LogP contribution in [0.4, 0.5) is 0 Å². The lowest BCUT2D eigenvalue weighted by atomic mass is 10.3. The molecule has 2 fully saturated rings. The van der Waals surface area contributed by atoms with Crippen LogP contribution in [0.15, 0.2) is 0 Å². The molecule has 1 amide bonds. The molecule has 0 atom stereocenters. The number of carbonyl (C=O) groups excluding carboxylic acids is 1. The van der Waals surface area contributed by atoms with E-state index < -0.39 is 0 Å². The van der Waals surface area contributed by atoms with E-state index in [9.17, 15) is 4.79 Å². The van der Waals surface area contributed by atoms with Crippen LogP contribution in [0.2, 0.25) is 0 Å². The largest absolute Gasteiger partial charge is 0.335 e. The Morgan fingerprint density at radius 2 is 1.89 bits per heavy atom. The van der Waals surface area contributed by atoms with E-state index in [0.29, 0.717) is 5.82 Å². The lowest BCUT2D eigenvalue weighted by Gasteiger charge is -2.20. The Balaban J connectivity index is 1.68. The molecule has 0 unspecified atom stereocenters. The second-order valence-corrected chi connectivity index (χ2v) is 5.56. The molecule has 1 heterocycles. The van der Waals surface area contributed by atoms with E-state index in [0.717, 1.165) is 37.2 Å². The topological polar surface area (TPSA) is 61.9 Å². The summed E-state index contributed by atoms with van der Waals surface area (Å²) >= 11 is 0. The quantitative estimate of drug-likeness (QED) is 0.832. The minimum absolute atomic E-state index is 0.00440. The molecule has 5 heteroatoms. The van der Waals surface area contributed by atoms with Gasteiger partial charge in [-0.15, -0.1) is 5.10 Å². The standard InChI is InChI=1S/C13H20N4O/c1-2-11-14-12(16-15-11)13(18)17(7-9-3-4-9)8-10-5-6-10/h9-10H,2-8H2,1H3,(H,14,15,16). The molecule has 0 bridgehead atoms. The second kappa shape index (κ2) is 4.71. The fourth-order valence-corrected chi connectivity index (χ4v) is 2.16. The Labute approximate surface area is 107 Å². The zero-order chi connectivity index (χ0) is 12.5. The Morgan fingerprint density at radius 3 is 2.33 bits per heavy atom. The van der Waals surface area contributed by atoms with Gasteiger partial charge in [0.15, 0.2) is 0 Å². The maximum absolute atomic E-state index is 12.4. The van der Waals surface area contributed by atoms with Gasteiger partial charge in [0.2, 0.25) is 5.82 Å². The van der Waals surface area contributed by atoms with E-state index in [2.05, 4.69) is 15.2 Å². The molecule has 0 radical (unpaired) electrons. The molecular formula is C13H20N4O. The maximum Gasteiger partial charge on any atom is 0.293 e. The molecule has 1 aromatic rings. The summed E-state index contributed by atoms with van der Waals surface area (Å²) in [5.74, 6) is 2.57. The third-order valence-electron chi connectivity index (χ3n) is 3.70. The third-order valence-corrected chi connectivity index (χ3v) is 3.70. The molecular weight excluding hydrogens is 228 g/mol. The van der Waals surface area contributed by atoms with Crippen molar-refractivity contribution in [3.63, 3.8) is 0 Å². The van der Waals surface area contributed by atoms with Crippen molar-refractivity contribution in [1.82, 2.24) is 20.1 Å². The van der Waals surface area contributed by atoms with Crippen LogP contribution in [-0.4, -0.2) is 39.1 Å². The number of aryl methyl sites for hydroxylation is 1. The van der Waals surface area contributed by atoms with E-state index in [4.69, 9.17) is 0 Å². The van der Waals surface area contributed by atoms with Crippen LogP contribution in [0.25, 0.3) is 0 Å². The number of hydrogen-bond donors (Lipinski definition) is 1. The van der Waals surface area contributed by atoms with Crippen LogP contribution in [0.5, 0.6) is 0 Å². The van der Waals surface area contributed by atoms with Gasteiger partial charge in [0.05, 0.1) is 0 Å². The van der Waals surface area contributed by atoms with E-state index in [-0.39, 0.29) is 5.91 Å². The van der Waals surface area contributed by atoms with Gasteiger partial charge in [-0.05, 0) is 37.5 Å². The molecule has 18 heavy (non-hydrogen) atoms. The minimum Gasteiger partial charge on any atom is -0.335 e. The number of amides is 1. The zero-order valence-electron chi connectivity index (χ0n) is 10.9. The van der Waals surface area contributed by atoms with Gasteiger partial charge in [0.1, 0.15) is 5.82 Å². The fourth-order valence-electron chi connectivity index (χ4n) is 2.16. The first-order chi connectivity index (χ1) is 8.76. The molecule has 5 nitrogen and oxygen atoms in total. The highest BCUT2D eigenvalue weighted by Gasteiger charge is 2.33. The number of hydrogen-bond acceptors (Lipinski definition) is 3. The maximum atomic E-state index is 12.4. The summed E-state index contributed by atoms with van der Waals surface area (Å²) in [6.07, 6.45) is 5.85. The monoisotopic (exact) mass is 248 g/mol. The molecule has 1 N–H and O–H groups in total. The normalized spacial score (nSPS) is 18.9. The van der Waals surface area contributed by atoms with Crippen molar-refractivity contribution in [2.75, 3.05) is 13.1 Å². The van der Waals surface area contributed by atoms with Crippen molar-refractivity contribution in [1.29, 1.82) is 0 Å². The first-order valence-corrected chi connectivity index (χ1v) is 6.96. The predicted octanol–water partition coefficient (Wildman–Crippen LogP) is 1.63. The molecule has 0 aliphatic heterocycles. The molecule has 0 spiro atoms. The van der Waals surface area contributed by atoms with Crippen molar-refractivity contribution in [2.24, 2.45) is 11.8 Å². The first kappa shape index (κ1) is 11.7. The van der Waals surface area contributed by atoms with Crippen LogP contribution < -0.4 is 0 Å². The highest BCUT2D eigenvalue weighted by atomic mass is 16.2. The van der Waals surface area contributed by atoms with E-state index in [1.165, 1.54) is 25.7 Å². The molecule has 0 aromatic carbocycles. The lowest BCUT2D eigenvalue weighted by molar-refractivity contribution is 0.0727. The summed E-state index contributed by atoms with van der Waals surface area (Å²) in [5, 5.41) is 6.86. The van der Waals surface area contributed by atoms with Crippen LogP contribution in [0.1, 0.15) is 49.1 Å². The van der Waals surface area contributed by atoms with Gasteiger partial charge in [-0.2, -0.15) is 0 Å². The molecule has 2 aliphatic rings. The fraction of sp³-hybridized carbons (Fsp3) is 0.769. The lowest BCUT2D eigenvalue weighted by Crippen LogP contribution is -2.35. The van der Waals surface area contributed by atoms with E-state index in [1.807, 2.05) is 11.8 Å². The number of aromatic nitrogens is 3. The van der Waals surface area contributed by atoms with Gasteiger partial charge < -0.3 is 4.90 Å².